The Hall–Kier alpha value is -0.440. The highest BCUT2D eigenvalue weighted by Gasteiger charge is 2.17. The molecule has 4 heteroatoms. The predicted octanol–water partition coefficient (Wildman–Crippen LogP) is 5.23. The summed E-state index contributed by atoms with van der Waals surface area (Å²) in [4.78, 5) is 14.0. The normalized spacial score (nSPS) is 16.6. The fourth-order valence-corrected chi connectivity index (χ4v) is 3.81. The van der Waals surface area contributed by atoms with Crippen LogP contribution in [0.5, 0.6) is 0 Å². The molecule has 0 aliphatic heterocycles. The molecule has 0 N–H and O–H groups in total. The Morgan fingerprint density at radius 3 is 2.24 bits per heavy atom. The molecule has 1 aromatic rings. The number of hydrogen-bond acceptors (Lipinski definition) is 2. The lowest BCUT2D eigenvalue weighted by Gasteiger charge is -2.22. The number of nitrogens with zero attached hydrogens (tertiary/aromatic N) is 1. The second kappa shape index (κ2) is 5.94. The van der Waals surface area contributed by atoms with Gasteiger partial charge in [0.2, 0.25) is 6.08 Å². The van der Waals surface area contributed by atoms with Gasteiger partial charge in [-0.1, -0.05) is 19.3 Å². The summed E-state index contributed by atoms with van der Waals surface area (Å²) in [5, 5.41) is 0. The molecule has 1 fully saturated rings. The predicted molar refractivity (Wildman–Crippen MR) is 75.4 cm³/mol. The molecule has 0 heterocycles. The van der Waals surface area contributed by atoms with Crippen molar-refractivity contribution < 1.29 is 4.79 Å². The van der Waals surface area contributed by atoms with Gasteiger partial charge in [-0.25, -0.2) is 4.79 Å². The topological polar surface area (TPSA) is 29.4 Å². The molecule has 0 bridgehead atoms. The number of isocyanates is 1. The van der Waals surface area contributed by atoms with Crippen LogP contribution in [0.3, 0.4) is 0 Å². The van der Waals surface area contributed by atoms with E-state index >= 15 is 0 Å². The Balaban J connectivity index is 2.33. The first kappa shape index (κ1) is 13.0. The largest absolute Gasteiger partial charge is 0.240 e. The first-order valence-corrected chi connectivity index (χ1v) is 7.38. The van der Waals surface area contributed by atoms with E-state index in [-0.39, 0.29) is 0 Å². The maximum Gasteiger partial charge on any atom is 0.240 e. The van der Waals surface area contributed by atoms with Crippen molar-refractivity contribution >= 4 is 43.6 Å². The van der Waals surface area contributed by atoms with Crippen molar-refractivity contribution in [2.75, 3.05) is 0 Å². The van der Waals surface area contributed by atoms with Crippen LogP contribution in [0.4, 0.5) is 5.69 Å². The number of benzene rings is 1. The van der Waals surface area contributed by atoms with Crippen molar-refractivity contribution in [3.8, 4) is 0 Å². The smallest absolute Gasteiger partial charge is 0.211 e. The molecular formula is C13H13Br2NO. The summed E-state index contributed by atoms with van der Waals surface area (Å²) in [6.07, 6.45) is 8.08. The van der Waals surface area contributed by atoms with Gasteiger partial charge in [-0.3, -0.25) is 0 Å². The van der Waals surface area contributed by atoms with Gasteiger partial charge in [-0.15, -0.1) is 0 Å². The van der Waals surface area contributed by atoms with Gasteiger partial charge in [-0.05, 0) is 68.3 Å². The zero-order valence-corrected chi connectivity index (χ0v) is 12.6. The van der Waals surface area contributed by atoms with Crippen LogP contribution in [0.1, 0.15) is 43.6 Å². The van der Waals surface area contributed by atoms with E-state index in [0.29, 0.717) is 11.6 Å². The van der Waals surface area contributed by atoms with Crippen LogP contribution in [0.2, 0.25) is 0 Å². The molecule has 90 valence electrons. The maximum absolute atomic E-state index is 10.3. The molecule has 0 atom stereocenters. The summed E-state index contributed by atoms with van der Waals surface area (Å²) in [6, 6.07) is 4.16. The summed E-state index contributed by atoms with van der Waals surface area (Å²) in [5.41, 5.74) is 1.95. The minimum atomic E-state index is 0.625. The van der Waals surface area contributed by atoms with E-state index in [1.54, 1.807) is 6.08 Å². The minimum absolute atomic E-state index is 0.625. The lowest BCUT2D eigenvalue weighted by atomic mass is 9.84. The van der Waals surface area contributed by atoms with Crippen molar-refractivity contribution in [2.24, 2.45) is 4.99 Å². The van der Waals surface area contributed by atoms with Gasteiger partial charge in [0.05, 0.1) is 0 Å². The fraction of sp³-hybridized carbons (Fsp3) is 0.462. The van der Waals surface area contributed by atoms with Gasteiger partial charge >= 0.3 is 0 Å². The zero-order valence-electron chi connectivity index (χ0n) is 9.38. The van der Waals surface area contributed by atoms with E-state index in [2.05, 4.69) is 49.0 Å². The average molecular weight is 359 g/mol. The molecule has 0 aromatic heterocycles. The van der Waals surface area contributed by atoms with Gasteiger partial charge in [0.25, 0.3) is 0 Å². The molecule has 2 nitrogen and oxygen atoms in total. The average Bonchev–Trinajstić information content (AvgIpc) is 2.35. The van der Waals surface area contributed by atoms with Gasteiger partial charge in [0.1, 0.15) is 5.69 Å². The summed E-state index contributed by atoms with van der Waals surface area (Å²) >= 11 is 6.93. The molecule has 0 amide bonds. The Morgan fingerprint density at radius 1 is 1.12 bits per heavy atom. The highest BCUT2D eigenvalue weighted by molar-refractivity contribution is 9.11. The highest BCUT2D eigenvalue weighted by Crippen LogP contribution is 2.40. The van der Waals surface area contributed by atoms with Gasteiger partial charge in [0.15, 0.2) is 0 Å². The van der Waals surface area contributed by atoms with Crippen LogP contribution in [-0.2, 0) is 4.79 Å². The molecule has 0 radical (unpaired) electrons. The maximum atomic E-state index is 10.3. The molecule has 0 spiro atoms. The first-order chi connectivity index (χ1) is 8.22. The van der Waals surface area contributed by atoms with E-state index in [9.17, 15) is 4.79 Å². The lowest BCUT2D eigenvalue weighted by Crippen LogP contribution is -2.04. The highest BCUT2D eigenvalue weighted by atomic mass is 79.9. The lowest BCUT2D eigenvalue weighted by molar-refractivity contribution is 0.443. The number of aliphatic imine (C=N–C) groups is 1. The molecule has 0 saturated heterocycles. The third-order valence-electron chi connectivity index (χ3n) is 3.27. The van der Waals surface area contributed by atoms with Crippen molar-refractivity contribution in [1.29, 1.82) is 0 Å². The van der Waals surface area contributed by atoms with Crippen molar-refractivity contribution in [1.82, 2.24) is 0 Å². The number of hydrogen-bond donors (Lipinski definition) is 0. The monoisotopic (exact) mass is 357 g/mol. The SMILES string of the molecule is O=C=Nc1c(Br)cc(C2CCCCC2)cc1Br. The Kier molecular flexibility index (Phi) is 4.55. The van der Waals surface area contributed by atoms with Gasteiger partial charge < -0.3 is 0 Å². The molecule has 2 rings (SSSR count). The molecule has 1 aliphatic carbocycles. The molecule has 1 aromatic carbocycles. The first-order valence-electron chi connectivity index (χ1n) is 5.79. The fourth-order valence-electron chi connectivity index (χ4n) is 2.41. The molecule has 0 unspecified atom stereocenters. The van der Waals surface area contributed by atoms with Crippen molar-refractivity contribution in [2.45, 2.75) is 38.0 Å². The number of halogens is 2. The third-order valence-corrected chi connectivity index (χ3v) is 4.48. The van der Waals surface area contributed by atoms with Crippen LogP contribution in [0.25, 0.3) is 0 Å². The summed E-state index contributed by atoms with van der Waals surface area (Å²) in [7, 11) is 0. The standard InChI is InChI=1S/C13H13Br2NO/c14-11-6-10(9-4-2-1-3-5-9)7-12(15)13(11)16-8-17/h6-7,9H,1-5H2. The van der Waals surface area contributed by atoms with Crippen LogP contribution in [0, 0.1) is 0 Å². The number of rotatable bonds is 2. The molecular weight excluding hydrogens is 346 g/mol. The van der Waals surface area contributed by atoms with E-state index in [1.165, 1.54) is 37.7 Å². The second-order valence-corrected chi connectivity index (χ2v) is 6.08. The quantitative estimate of drug-likeness (QED) is 0.526. The van der Waals surface area contributed by atoms with E-state index < -0.39 is 0 Å². The van der Waals surface area contributed by atoms with Crippen molar-refractivity contribution in [3.05, 3.63) is 26.6 Å². The van der Waals surface area contributed by atoms with E-state index in [1.807, 2.05) is 0 Å². The Bertz CT molecular complexity index is 437. The number of carbonyl (C=O) groups excluding carboxylic acids is 1. The molecule has 1 saturated carbocycles. The van der Waals surface area contributed by atoms with Crippen LogP contribution in [0.15, 0.2) is 26.1 Å². The van der Waals surface area contributed by atoms with Gasteiger partial charge in [0, 0.05) is 8.95 Å². The second-order valence-electron chi connectivity index (χ2n) is 4.37. The third kappa shape index (κ3) is 3.06. The van der Waals surface area contributed by atoms with E-state index in [0.717, 1.165) is 8.95 Å². The summed E-state index contributed by atoms with van der Waals surface area (Å²) in [5.74, 6) is 0.644. The van der Waals surface area contributed by atoms with Crippen LogP contribution in [-0.4, -0.2) is 6.08 Å². The summed E-state index contributed by atoms with van der Waals surface area (Å²) < 4.78 is 1.71. The Labute approximate surface area is 118 Å². The zero-order chi connectivity index (χ0) is 12.3. The molecule has 1 aliphatic rings. The molecule has 17 heavy (non-hydrogen) atoms. The Morgan fingerprint density at radius 2 is 1.71 bits per heavy atom. The summed E-state index contributed by atoms with van der Waals surface area (Å²) in [6.45, 7) is 0. The van der Waals surface area contributed by atoms with Gasteiger partial charge in [-0.2, -0.15) is 4.99 Å². The van der Waals surface area contributed by atoms with Crippen LogP contribution >= 0.6 is 31.9 Å². The minimum Gasteiger partial charge on any atom is -0.211 e. The van der Waals surface area contributed by atoms with Crippen LogP contribution < -0.4 is 0 Å². The van der Waals surface area contributed by atoms with Crippen molar-refractivity contribution in [3.63, 3.8) is 0 Å². The van der Waals surface area contributed by atoms with E-state index in [4.69, 9.17) is 0 Å².